The van der Waals surface area contributed by atoms with Crippen molar-refractivity contribution < 1.29 is 18.5 Å². The van der Waals surface area contributed by atoms with Crippen LogP contribution in [0.4, 0.5) is 0 Å². The highest BCUT2D eigenvalue weighted by Crippen LogP contribution is 2.33. The van der Waals surface area contributed by atoms with E-state index in [9.17, 15) is 13.8 Å². The van der Waals surface area contributed by atoms with Gasteiger partial charge in [0.2, 0.25) is 5.91 Å². The molecule has 27 heavy (non-hydrogen) atoms. The minimum atomic E-state index is -2.47. The van der Waals surface area contributed by atoms with Crippen LogP contribution in [-0.4, -0.2) is 67.3 Å². The monoisotopic (exact) mass is 394 g/mol. The quantitative estimate of drug-likeness (QED) is 0.704. The maximum absolute atomic E-state index is 13.1. The van der Waals surface area contributed by atoms with Gasteiger partial charge in [-0.3, -0.25) is 9.59 Å². The van der Waals surface area contributed by atoms with Crippen LogP contribution in [0.25, 0.3) is 0 Å². The molecular formula is C18H26N4O4S. The Labute approximate surface area is 159 Å². The number of rotatable bonds is 1. The Morgan fingerprint density at radius 2 is 2.15 bits per heavy atom. The summed E-state index contributed by atoms with van der Waals surface area (Å²) in [5, 5.41) is 0. The zero-order valence-electron chi connectivity index (χ0n) is 15.6. The lowest BCUT2D eigenvalue weighted by Crippen LogP contribution is -2.57. The van der Waals surface area contributed by atoms with Crippen molar-refractivity contribution in [3.63, 3.8) is 0 Å². The summed E-state index contributed by atoms with van der Waals surface area (Å²) in [6.07, 6.45) is 6.54. The van der Waals surface area contributed by atoms with Gasteiger partial charge in [0.25, 0.3) is 5.91 Å². The van der Waals surface area contributed by atoms with E-state index in [0.29, 0.717) is 50.6 Å². The van der Waals surface area contributed by atoms with Crippen molar-refractivity contribution in [1.29, 1.82) is 0 Å². The van der Waals surface area contributed by atoms with Crippen LogP contribution in [0.2, 0.25) is 0 Å². The van der Waals surface area contributed by atoms with E-state index in [1.54, 1.807) is 6.33 Å². The molecule has 9 heteroatoms. The topological polar surface area (TPSA) is 93.9 Å². The maximum atomic E-state index is 13.1. The van der Waals surface area contributed by atoms with Gasteiger partial charge < -0.3 is 14.2 Å². The molecule has 1 aromatic rings. The minimum absolute atomic E-state index is 0.0256. The fourth-order valence-corrected chi connectivity index (χ4v) is 6.65. The number of aromatic nitrogens is 2. The average Bonchev–Trinajstić information content (AvgIpc) is 3.11. The Balaban J connectivity index is 1.42. The molecule has 1 unspecified atom stereocenters. The van der Waals surface area contributed by atoms with Crippen LogP contribution in [0.15, 0.2) is 16.9 Å². The fourth-order valence-electron chi connectivity index (χ4n) is 4.41. The van der Waals surface area contributed by atoms with Crippen molar-refractivity contribution >= 4 is 21.5 Å². The smallest absolute Gasteiger partial charge is 0.250 e. The summed E-state index contributed by atoms with van der Waals surface area (Å²) in [6.45, 7) is 3.66. The van der Waals surface area contributed by atoms with Crippen molar-refractivity contribution in [2.75, 3.05) is 31.2 Å². The second-order valence-electron chi connectivity index (χ2n) is 7.86. The van der Waals surface area contributed by atoms with Crippen LogP contribution in [-0.2, 0) is 37.0 Å². The van der Waals surface area contributed by atoms with Gasteiger partial charge in [-0.05, 0) is 25.7 Å². The third-order valence-corrected chi connectivity index (χ3v) is 8.20. The Kier molecular flexibility index (Phi) is 4.84. The van der Waals surface area contributed by atoms with Gasteiger partial charge in [-0.25, -0.2) is 9.19 Å². The van der Waals surface area contributed by atoms with E-state index in [-0.39, 0.29) is 17.7 Å². The van der Waals surface area contributed by atoms with Crippen molar-refractivity contribution in [1.82, 2.24) is 14.5 Å². The Bertz CT molecular complexity index is 856. The summed E-state index contributed by atoms with van der Waals surface area (Å²) in [6, 6.07) is 0. The molecular weight excluding hydrogens is 368 g/mol. The lowest BCUT2D eigenvalue weighted by molar-refractivity contribution is -0.156. The Morgan fingerprint density at radius 1 is 1.37 bits per heavy atom. The first kappa shape index (κ1) is 18.6. The number of carbonyl (C=O) groups excluding carboxylic acids is 2. The Morgan fingerprint density at radius 3 is 2.89 bits per heavy atom. The highest BCUT2D eigenvalue weighted by atomic mass is 32.2. The number of fused-ring (bicyclic) bond motifs is 1. The predicted octanol–water partition coefficient (Wildman–Crippen LogP) is 0.851. The number of imidazole rings is 1. The summed E-state index contributed by atoms with van der Waals surface area (Å²) in [4.78, 5) is 30.4. The van der Waals surface area contributed by atoms with Crippen LogP contribution >= 0.6 is 0 Å². The number of carbonyl (C=O) groups is 2. The van der Waals surface area contributed by atoms with Crippen LogP contribution in [0.5, 0.6) is 0 Å². The molecule has 148 valence electrons. The molecule has 1 spiro atoms. The molecule has 2 amide bonds. The van der Waals surface area contributed by atoms with Crippen molar-refractivity contribution in [2.45, 2.75) is 44.8 Å². The van der Waals surface area contributed by atoms with Gasteiger partial charge in [-0.2, -0.15) is 4.36 Å². The molecule has 4 rings (SSSR count). The van der Waals surface area contributed by atoms with Crippen molar-refractivity contribution in [2.24, 2.45) is 10.3 Å². The highest BCUT2D eigenvalue weighted by molar-refractivity contribution is 7.93. The van der Waals surface area contributed by atoms with E-state index in [4.69, 9.17) is 4.74 Å². The lowest BCUT2D eigenvalue weighted by Gasteiger charge is -2.46. The molecule has 1 atom stereocenters. The van der Waals surface area contributed by atoms with Crippen LogP contribution in [0.1, 0.15) is 31.9 Å². The number of aryl methyl sites for hydroxylation is 1. The number of morpholine rings is 1. The molecule has 3 aliphatic heterocycles. The highest BCUT2D eigenvalue weighted by Gasteiger charge is 2.43. The van der Waals surface area contributed by atoms with Gasteiger partial charge in [0.15, 0.2) is 0 Å². The fraction of sp³-hybridized carbons (Fsp3) is 0.722. The van der Waals surface area contributed by atoms with E-state index in [1.807, 2.05) is 11.1 Å². The molecule has 0 aliphatic carbocycles. The van der Waals surface area contributed by atoms with E-state index < -0.39 is 15.3 Å². The molecule has 2 fully saturated rings. The van der Waals surface area contributed by atoms with Gasteiger partial charge in [-0.1, -0.05) is 0 Å². The third-order valence-electron chi connectivity index (χ3n) is 5.92. The molecule has 0 saturated carbocycles. The second kappa shape index (κ2) is 7.01. The summed E-state index contributed by atoms with van der Waals surface area (Å²) >= 11 is 0. The molecule has 0 aromatic carbocycles. The normalized spacial score (nSPS) is 33.5. The van der Waals surface area contributed by atoms with Crippen LogP contribution in [0.3, 0.4) is 0 Å². The van der Waals surface area contributed by atoms with Crippen molar-refractivity contribution in [3.05, 3.63) is 18.2 Å². The molecule has 0 radical (unpaired) electrons. The van der Waals surface area contributed by atoms with E-state index in [0.717, 1.165) is 12.8 Å². The molecule has 8 nitrogen and oxygen atoms in total. The number of nitrogens with zero attached hydrogens (tertiary/aromatic N) is 4. The summed E-state index contributed by atoms with van der Waals surface area (Å²) in [7, 11) is -2.47. The molecule has 2 saturated heterocycles. The van der Waals surface area contributed by atoms with E-state index >= 15 is 0 Å². The second-order valence-corrected chi connectivity index (χ2v) is 10.4. The summed E-state index contributed by atoms with van der Waals surface area (Å²) in [5.41, 5.74) is 0.740. The lowest BCUT2D eigenvalue weighted by atomic mass is 9.92. The number of hydrogen-bond acceptors (Lipinski definition) is 5. The SMILES string of the molecule is CC(=O)N=S1(=O)CCC2(CC1)CN(C(=O)C1CCc3cncn3C1)CCO2. The van der Waals surface area contributed by atoms with Crippen LogP contribution < -0.4 is 0 Å². The standard InChI is InChI=1S/C18H26N4O4S/c1-14(23)20-27(25)8-4-18(5-9-27)12-21(6-7-26-18)17(24)15-2-3-16-10-19-13-22(16)11-15/h10,13,15H,2-9,11-12H2,1H3. The molecule has 1 aromatic heterocycles. The molecule has 0 bridgehead atoms. The van der Waals surface area contributed by atoms with Gasteiger partial charge in [0.1, 0.15) is 0 Å². The number of hydrogen-bond donors (Lipinski definition) is 0. The molecule has 4 heterocycles. The largest absolute Gasteiger partial charge is 0.371 e. The van der Waals surface area contributed by atoms with Gasteiger partial charge >= 0.3 is 0 Å². The van der Waals surface area contributed by atoms with Crippen molar-refractivity contribution in [3.8, 4) is 0 Å². The zero-order valence-corrected chi connectivity index (χ0v) is 16.4. The van der Waals surface area contributed by atoms with E-state index in [1.165, 1.54) is 12.6 Å². The van der Waals surface area contributed by atoms with Gasteiger partial charge in [0.05, 0.1) is 34.2 Å². The predicted molar refractivity (Wildman–Crippen MR) is 99.5 cm³/mol. The maximum Gasteiger partial charge on any atom is 0.250 e. The molecule has 3 aliphatic rings. The zero-order chi connectivity index (χ0) is 19.1. The first-order chi connectivity index (χ1) is 12.9. The third kappa shape index (κ3) is 3.80. The molecule has 0 N–H and O–H groups in total. The number of amides is 2. The van der Waals surface area contributed by atoms with Gasteiger partial charge in [0, 0.05) is 50.0 Å². The summed E-state index contributed by atoms with van der Waals surface area (Å²) in [5.74, 6) is 0.486. The Hall–Kier alpha value is -1.74. The van der Waals surface area contributed by atoms with Crippen LogP contribution in [0, 0.1) is 5.92 Å². The first-order valence-electron chi connectivity index (χ1n) is 9.53. The number of ether oxygens (including phenoxy) is 1. The minimum Gasteiger partial charge on any atom is -0.371 e. The van der Waals surface area contributed by atoms with E-state index in [2.05, 4.69) is 13.9 Å². The summed E-state index contributed by atoms with van der Waals surface area (Å²) < 4.78 is 24.6. The average molecular weight is 394 g/mol. The van der Waals surface area contributed by atoms with Gasteiger partial charge in [-0.15, -0.1) is 0 Å². The first-order valence-corrected chi connectivity index (χ1v) is 11.4.